The van der Waals surface area contributed by atoms with Gasteiger partial charge in [-0.2, -0.15) is 0 Å². The fraction of sp³-hybridized carbons (Fsp3) is 0.462. The van der Waals surface area contributed by atoms with Crippen molar-refractivity contribution in [3.8, 4) is 0 Å². The summed E-state index contributed by atoms with van der Waals surface area (Å²) in [5, 5.41) is 3.60. The summed E-state index contributed by atoms with van der Waals surface area (Å²) in [7, 11) is 0. The van der Waals surface area contributed by atoms with Gasteiger partial charge >= 0.3 is 0 Å². The van der Waals surface area contributed by atoms with Gasteiger partial charge in [0.25, 0.3) is 0 Å². The quantitative estimate of drug-likeness (QED) is 0.851. The molecule has 0 unspecified atom stereocenters. The van der Waals surface area contributed by atoms with Gasteiger partial charge in [-0.3, -0.25) is 0 Å². The van der Waals surface area contributed by atoms with Crippen LogP contribution in [-0.2, 0) is 6.54 Å². The second-order valence-corrected chi connectivity index (χ2v) is 4.97. The van der Waals surface area contributed by atoms with Crippen molar-refractivity contribution in [1.29, 1.82) is 0 Å². The summed E-state index contributed by atoms with van der Waals surface area (Å²) < 4.78 is 2.07. The molecule has 16 heavy (non-hydrogen) atoms. The second-order valence-electron chi connectivity index (χ2n) is 4.97. The lowest BCUT2D eigenvalue weighted by atomic mass is 9.78. The lowest BCUT2D eigenvalue weighted by Gasteiger charge is -2.39. The Morgan fingerprint density at radius 2 is 2.31 bits per heavy atom. The van der Waals surface area contributed by atoms with E-state index in [1.165, 1.54) is 19.3 Å². The van der Waals surface area contributed by atoms with E-state index in [0.717, 1.165) is 17.9 Å². The van der Waals surface area contributed by atoms with Crippen LogP contribution in [0, 0.1) is 0 Å². The Hall–Kier alpha value is -1.35. The number of rotatable bonds is 3. The summed E-state index contributed by atoms with van der Waals surface area (Å²) in [4.78, 5) is 4.57. The van der Waals surface area contributed by atoms with Gasteiger partial charge in [-0.25, -0.2) is 4.98 Å². The molecule has 0 radical (unpaired) electrons. The molecule has 84 valence electrons. The summed E-state index contributed by atoms with van der Waals surface area (Å²) >= 11 is 0. The predicted octanol–water partition coefficient (Wildman–Crippen LogP) is 2.37. The molecule has 1 saturated carbocycles. The maximum Gasteiger partial charge on any atom is 0.137 e. The summed E-state index contributed by atoms with van der Waals surface area (Å²) in [6, 6.07) is 6.08. The van der Waals surface area contributed by atoms with E-state index in [4.69, 9.17) is 0 Å². The Bertz CT molecular complexity index is 464. The highest BCUT2D eigenvalue weighted by molar-refractivity contribution is 5.39. The van der Waals surface area contributed by atoms with Gasteiger partial charge in [-0.15, -0.1) is 0 Å². The van der Waals surface area contributed by atoms with Crippen LogP contribution in [0.25, 0.3) is 5.65 Å². The molecule has 0 spiro atoms. The molecule has 1 aliphatic carbocycles. The first-order valence-corrected chi connectivity index (χ1v) is 5.93. The Morgan fingerprint density at radius 3 is 3.00 bits per heavy atom. The molecular weight excluding hydrogens is 198 g/mol. The summed E-state index contributed by atoms with van der Waals surface area (Å²) in [6.07, 6.45) is 8.08. The average molecular weight is 215 g/mol. The van der Waals surface area contributed by atoms with Crippen molar-refractivity contribution >= 4 is 5.65 Å². The zero-order valence-corrected chi connectivity index (χ0v) is 9.61. The van der Waals surface area contributed by atoms with Gasteiger partial charge in [-0.1, -0.05) is 6.07 Å². The van der Waals surface area contributed by atoms with Crippen LogP contribution in [0.15, 0.2) is 30.6 Å². The molecule has 2 aromatic rings. The van der Waals surface area contributed by atoms with Crippen molar-refractivity contribution < 1.29 is 0 Å². The van der Waals surface area contributed by atoms with Crippen molar-refractivity contribution in [2.75, 3.05) is 0 Å². The lowest BCUT2D eigenvalue weighted by molar-refractivity contribution is 0.206. The molecule has 3 heteroatoms. The fourth-order valence-corrected chi connectivity index (χ4v) is 2.26. The van der Waals surface area contributed by atoms with E-state index in [2.05, 4.69) is 27.8 Å². The van der Waals surface area contributed by atoms with E-state index in [0.29, 0.717) is 5.54 Å². The highest BCUT2D eigenvalue weighted by atomic mass is 15.0. The Morgan fingerprint density at radius 1 is 1.44 bits per heavy atom. The van der Waals surface area contributed by atoms with Crippen LogP contribution in [0.3, 0.4) is 0 Å². The van der Waals surface area contributed by atoms with Crippen LogP contribution >= 0.6 is 0 Å². The molecule has 0 amide bonds. The maximum atomic E-state index is 4.57. The van der Waals surface area contributed by atoms with Gasteiger partial charge in [0.2, 0.25) is 0 Å². The monoisotopic (exact) mass is 215 g/mol. The Balaban J connectivity index is 1.74. The van der Waals surface area contributed by atoms with Gasteiger partial charge in [0.05, 0.1) is 5.69 Å². The number of nitrogens with one attached hydrogen (secondary N) is 1. The van der Waals surface area contributed by atoms with Crippen molar-refractivity contribution in [2.45, 2.75) is 38.3 Å². The van der Waals surface area contributed by atoms with Crippen molar-refractivity contribution in [2.24, 2.45) is 0 Å². The Kier molecular flexibility index (Phi) is 2.21. The first-order valence-electron chi connectivity index (χ1n) is 5.93. The first-order chi connectivity index (χ1) is 7.75. The molecule has 3 rings (SSSR count). The molecule has 1 N–H and O–H groups in total. The van der Waals surface area contributed by atoms with Crippen LogP contribution in [0.2, 0.25) is 0 Å². The largest absolute Gasteiger partial charge is 0.307 e. The summed E-state index contributed by atoms with van der Waals surface area (Å²) in [5.41, 5.74) is 2.51. The molecular formula is C13H17N3. The van der Waals surface area contributed by atoms with E-state index >= 15 is 0 Å². The maximum absolute atomic E-state index is 4.57. The average Bonchev–Trinajstić information content (AvgIpc) is 2.66. The predicted molar refractivity (Wildman–Crippen MR) is 64.3 cm³/mol. The minimum absolute atomic E-state index is 0.357. The molecule has 2 aromatic heterocycles. The van der Waals surface area contributed by atoms with Crippen LogP contribution < -0.4 is 5.32 Å². The highest BCUT2D eigenvalue weighted by Crippen LogP contribution is 2.31. The Labute approximate surface area is 95.5 Å². The number of hydrogen-bond donors (Lipinski definition) is 1. The van der Waals surface area contributed by atoms with Crippen molar-refractivity contribution in [1.82, 2.24) is 14.7 Å². The van der Waals surface area contributed by atoms with Gasteiger partial charge in [-0.05, 0) is 38.3 Å². The van der Waals surface area contributed by atoms with E-state index in [9.17, 15) is 0 Å². The zero-order chi connectivity index (χ0) is 11.0. The van der Waals surface area contributed by atoms with Gasteiger partial charge in [0.15, 0.2) is 0 Å². The topological polar surface area (TPSA) is 29.3 Å². The molecule has 2 heterocycles. The third-order valence-corrected chi connectivity index (χ3v) is 3.57. The minimum atomic E-state index is 0.357. The molecule has 3 nitrogen and oxygen atoms in total. The molecule has 1 aliphatic rings. The molecule has 0 aliphatic heterocycles. The number of imidazole rings is 1. The number of nitrogens with zero attached hydrogens (tertiary/aromatic N) is 2. The van der Waals surface area contributed by atoms with E-state index < -0.39 is 0 Å². The van der Waals surface area contributed by atoms with Crippen LogP contribution in [0.5, 0.6) is 0 Å². The molecule has 0 atom stereocenters. The summed E-state index contributed by atoms with van der Waals surface area (Å²) in [6.45, 7) is 3.17. The zero-order valence-electron chi connectivity index (χ0n) is 9.61. The van der Waals surface area contributed by atoms with E-state index in [-0.39, 0.29) is 0 Å². The second kappa shape index (κ2) is 3.59. The van der Waals surface area contributed by atoms with Crippen LogP contribution in [0.4, 0.5) is 0 Å². The normalized spacial score (nSPS) is 18.6. The number of hydrogen-bond acceptors (Lipinski definition) is 2. The number of aromatic nitrogens is 2. The fourth-order valence-electron chi connectivity index (χ4n) is 2.26. The molecule has 0 aromatic carbocycles. The van der Waals surface area contributed by atoms with Crippen molar-refractivity contribution in [3.05, 3.63) is 36.3 Å². The SMILES string of the molecule is CC1(NCc2cn3ccccc3n2)CCC1. The van der Waals surface area contributed by atoms with E-state index in [1.54, 1.807) is 0 Å². The lowest BCUT2D eigenvalue weighted by Crippen LogP contribution is -2.47. The van der Waals surface area contributed by atoms with E-state index in [1.807, 2.05) is 24.4 Å². The molecule has 0 saturated heterocycles. The van der Waals surface area contributed by atoms with Crippen LogP contribution in [-0.4, -0.2) is 14.9 Å². The smallest absolute Gasteiger partial charge is 0.137 e. The van der Waals surface area contributed by atoms with Gasteiger partial charge < -0.3 is 9.72 Å². The third kappa shape index (κ3) is 1.71. The summed E-state index contributed by atoms with van der Waals surface area (Å²) in [5.74, 6) is 0. The molecule has 1 fully saturated rings. The number of fused-ring (bicyclic) bond motifs is 1. The third-order valence-electron chi connectivity index (χ3n) is 3.57. The first kappa shape index (κ1) is 9.85. The number of pyridine rings is 1. The van der Waals surface area contributed by atoms with Crippen molar-refractivity contribution in [3.63, 3.8) is 0 Å². The highest BCUT2D eigenvalue weighted by Gasteiger charge is 2.30. The van der Waals surface area contributed by atoms with Crippen LogP contribution in [0.1, 0.15) is 31.9 Å². The standard InChI is InChI=1S/C13H17N3/c1-13(6-4-7-13)14-9-11-10-16-8-3-2-5-12(16)15-11/h2-3,5,8,10,14H,4,6-7,9H2,1H3. The van der Waals surface area contributed by atoms with Gasteiger partial charge in [0, 0.05) is 24.5 Å². The minimum Gasteiger partial charge on any atom is -0.307 e. The molecule has 0 bridgehead atoms. The van der Waals surface area contributed by atoms with Gasteiger partial charge in [0.1, 0.15) is 5.65 Å².